The summed E-state index contributed by atoms with van der Waals surface area (Å²) in [5, 5.41) is 8.88. The first-order valence-corrected chi connectivity index (χ1v) is 8.98. The summed E-state index contributed by atoms with van der Waals surface area (Å²) < 4.78 is 5.30. The van der Waals surface area contributed by atoms with Gasteiger partial charge in [-0.15, -0.1) is 11.3 Å². The zero-order valence-electron chi connectivity index (χ0n) is 13.8. The lowest BCUT2D eigenvalue weighted by Crippen LogP contribution is -2.22. The highest BCUT2D eigenvalue weighted by Crippen LogP contribution is 2.25. The van der Waals surface area contributed by atoms with Gasteiger partial charge < -0.3 is 9.84 Å². The maximum atomic E-state index is 12.3. The molecule has 1 amide bonds. The molecule has 128 valence electrons. The number of nitrogens with zero attached hydrogens (tertiary/aromatic N) is 2. The van der Waals surface area contributed by atoms with Gasteiger partial charge >= 0.3 is 0 Å². The number of benzene rings is 2. The van der Waals surface area contributed by atoms with Crippen molar-refractivity contribution >= 4 is 17.2 Å². The third-order valence-electron chi connectivity index (χ3n) is 3.86. The fourth-order valence-corrected chi connectivity index (χ4v) is 3.14. The van der Waals surface area contributed by atoms with Gasteiger partial charge in [0.05, 0.1) is 4.88 Å². The summed E-state index contributed by atoms with van der Waals surface area (Å²) in [6.07, 6.45) is 0. The standard InChI is InChI=1S/C20H15N3O2S/c24-19(21-13-14-5-2-1-3-6-14)16-10-8-15(9-11-16)18-22-20(25-23-18)17-7-4-12-26-17/h1-12H,13H2,(H,21,24). The van der Waals surface area contributed by atoms with Crippen molar-refractivity contribution in [3.8, 4) is 22.2 Å². The Morgan fingerprint density at radius 3 is 2.54 bits per heavy atom. The Kier molecular flexibility index (Phi) is 4.57. The predicted molar refractivity (Wildman–Crippen MR) is 101 cm³/mol. The third-order valence-corrected chi connectivity index (χ3v) is 4.72. The zero-order valence-corrected chi connectivity index (χ0v) is 14.6. The van der Waals surface area contributed by atoms with Gasteiger partial charge in [0.25, 0.3) is 11.8 Å². The normalized spacial score (nSPS) is 10.6. The van der Waals surface area contributed by atoms with Crippen LogP contribution in [-0.2, 0) is 6.54 Å². The molecular formula is C20H15N3O2S. The summed E-state index contributed by atoms with van der Waals surface area (Å²) in [5.74, 6) is 0.886. The van der Waals surface area contributed by atoms with E-state index < -0.39 is 0 Å². The number of carbonyl (C=O) groups excluding carboxylic acids is 1. The molecule has 0 aliphatic rings. The number of nitrogens with one attached hydrogen (secondary N) is 1. The maximum Gasteiger partial charge on any atom is 0.268 e. The average molecular weight is 361 g/mol. The van der Waals surface area contributed by atoms with E-state index >= 15 is 0 Å². The lowest BCUT2D eigenvalue weighted by molar-refractivity contribution is 0.0951. The van der Waals surface area contributed by atoms with Crippen molar-refractivity contribution in [2.75, 3.05) is 0 Å². The molecule has 0 saturated heterocycles. The first-order chi connectivity index (χ1) is 12.8. The summed E-state index contributed by atoms with van der Waals surface area (Å²) in [5.41, 5.74) is 2.45. The van der Waals surface area contributed by atoms with Crippen molar-refractivity contribution < 1.29 is 9.32 Å². The quantitative estimate of drug-likeness (QED) is 0.572. The lowest BCUT2D eigenvalue weighted by Gasteiger charge is -2.05. The van der Waals surface area contributed by atoms with Crippen molar-refractivity contribution in [2.45, 2.75) is 6.54 Å². The Morgan fingerprint density at radius 2 is 1.81 bits per heavy atom. The molecule has 0 fully saturated rings. The molecule has 0 atom stereocenters. The van der Waals surface area contributed by atoms with Crippen LogP contribution in [0.2, 0.25) is 0 Å². The molecule has 5 nitrogen and oxygen atoms in total. The second-order valence-corrected chi connectivity index (χ2v) is 6.59. The molecule has 6 heteroatoms. The number of hydrogen-bond donors (Lipinski definition) is 1. The molecule has 2 aromatic heterocycles. The Morgan fingerprint density at radius 1 is 1.00 bits per heavy atom. The van der Waals surface area contributed by atoms with Crippen LogP contribution in [0.1, 0.15) is 15.9 Å². The van der Waals surface area contributed by atoms with Crippen molar-refractivity contribution in [3.05, 3.63) is 83.2 Å². The minimum Gasteiger partial charge on any atom is -0.348 e. The van der Waals surface area contributed by atoms with Crippen molar-refractivity contribution in [3.63, 3.8) is 0 Å². The van der Waals surface area contributed by atoms with Gasteiger partial charge in [-0.05, 0) is 29.1 Å². The topological polar surface area (TPSA) is 68.0 Å². The van der Waals surface area contributed by atoms with Gasteiger partial charge in [0, 0.05) is 17.7 Å². The van der Waals surface area contributed by atoms with Crippen molar-refractivity contribution in [1.82, 2.24) is 15.5 Å². The molecule has 0 aliphatic carbocycles. The van der Waals surface area contributed by atoms with Gasteiger partial charge in [-0.3, -0.25) is 4.79 Å². The van der Waals surface area contributed by atoms with Crippen LogP contribution < -0.4 is 5.32 Å². The lowest BCUT2D eigenvalue weighted by atomic mass is 10.1. The van der Waals surface area contributed by atoms with Crippen LogP contribution in [0.25, 0.3) is 22.2 Å². The molecule has 0 unspecified atom stereocenters. The van der Waals surface area contributed by atoms with Crippen LogP contribution in [0.4, 0.5) is 0 Å². The minimum atomic E-state index is -0.118. The largest absolute Gasteiger partial charge is 0.348 e. The van der Waals surface area contributed by atoms with Gasteiger partial charge in [-0.25, -0.2) is 0 Å². The first-order valence-electron chi connectivity index (χ1n) is 8.10. The Hall–Kier alpha value is -3.25. The highest BCUT2D eigenvalue weighted by Gasteiger charge is 2.12. The third kappa shape index (κ3) is 3.55. The van der Waals surface area contributed by atoms with Crippen LogP contribution in [0.3, 0.4) is 0 Å². The molecule has 0 saturated carbocycles. The summed E-state index contributed by atoms with van der Waals surface area (Å²) in [6, 6.07) is 20.8. The smallest absolute Gasteiger partial charge is 0.268 e. The monoisotopic (exact) mass is 361 g/mol. The maximum absolute atomic E-state index is 12.3. The van der Waals surface area contributed by atoms with E-state index in [-0.39, 0.29) is 5.91 Å². The highest BCUT2D eigenvalue weighted by molar-refractivity contribution is 7.13. The molecule has 1 N–H and O–H groups in total. The average Bonchev–Trinajstić information content (AvgIpc) is 3.38. The number of aromatic nitrogens is 2. The summed E-state index contributed by atoms with van der Waals surface area (Å²) >= 11 is 1.55. The Bertz CT molecular complexity index is 993. The number of rotatable bonds is 5. The molecule has 4 aromatic rings. The van der Waals surface area contributed by atoms with Gasteiger partial charge in [0.1, 0.15) is 0 Å². The second kappa shape index (κ2) is 7.33. The van der Waals surface area contributed by atoms with Gasteiger partial charge in [-0.1, -0.05) is 53.7 Å². The van der Waals surface area contributed by atoms with E-state index in [4.69, 9.17) is 4.52 Å². The Labute approximate surface area is 154 Å². The number of thiophene rings is 1. The molecule has 0 radical (unpaired) electrons. The molecule has 0 spiro atoms. The molecule has 2 aromatic carbocycles. The first kappa shape index (κ1) is 16.2. The zero-order chi connectivity index (χ0) is 17.8. The molecular weight excluding hydrogens is 346 g/mol. The summed E-state index contributed by atoms with van der Waals surface area (Å²) in [6.45, 7) is 0.496. The molecule has 26 heavy (non-hydrogen) atoms. The minimum absolute atomic E-state index is 0.118. The van der Waals surface area contributed by atoms with Crippen molar-refractivity contribution in [2.24, 2.45) is 0 Å². The van der Waals surface area contributed by atoms with Crippen LogP contribution in [0.5, 0.6) is 0 Å². The highest BCUT2D eigenvalue weighted by atomic mass is 32.1. The van der Waals surface area contributed by atoms with E-state index in [1.807, 2.05) is 60.0 Å². The number of carbonyl (C=O) groups is 1. The molecule has 2 heterocycles. The van der Waals surface area contributed by atoms with Gasteiger partial charge in [-0.2, -0.15) is 4.98 Å². The predicted octanol–water partition coefficient (Wildman–Crippen LogP) is 4.40. The SMILES string of the molecule is O=C(NCc1ccccc1)c1ccc(-c2noc(-c3cccs3)n2)cc1. The molecule has 4 rings (SSSR count). The van der Waals surface area contributed by atoms with Crippen LogP contribution in [-0.4, -0.2) is 16.0 Å². The fourth-order valence-electron chi connectivity index (χ4n) is 2.49. The Balaban J connectivity index is 1.44. The van der Waals surface area contributed by atoms with Crippen LogP contribution in [0, 0.1) is 0 Å². The second-order valence-electron chi connectivity index (χ2n) is 5.65. The van der Waals surface area contributed by atoms with Gasteiger partial charge in [0.2, 0.25) is 5.82 Å². The van der Waals surface area contributed by atoms with E-state index in [0.717, 1.165) is 16.0 Å². The van der Waals surface area contributed by atoms with Gasteiger partial charge in [0.15, 0.2) is 0 Å². The molecule has 0 bridgehead atoms. The van der Waals surface area contributed by atoms with Crippen LogP contribution >= 0.6 is 11.3 Å². The van der Waals surface area contributed by atoms with E-state index in [0.29, 0.717) is 23.8 Å². The molecule has 0 aliphatic heterocycles. The van der Waals surface area contributed by atoms with E-state index in [9.17, 15) is 4.79 Å². The summed E-state index contributed by atoms with van der Waals surface area (Å²) in [7, 11) is 0. The number of amides is 1. The summed E-state index contributed by atoms with van der Waals surface area (Å²) in [4.78, 5) is 17.6. The fraction of sp³-hybridized carbons (Fsp3) is 0.0500. The van der Waals surface area contributed by atoms with Crippen LogP contribution in [0.15, 0.2) is 76.6 Å². The number of hydrogen-bond acceptors (Lipinski definition) is 5. The van der Waals surface area contributed by atoms with E-state index in [1.54, 1.807) is 23.5 Å². The van der Waals surface area contributed by atoms with Crippen molar-refractivity contribution in [1.29, 1.82) is 0 Å². The van der Waals surface area contributed by atoms with E-state index in [1.165, 1.54) is 0 Å². The van der Waals surface area contributed by atoms with E-state index in [2.05, 4.69) is 15.5 Å².